The molecule has 1 unspecified atom stereocenters. The Bertz CT molecular complexity index is 492. The third kappa shape index (κ3) is 18.5. The Hall–Kier alpha value is -1.51. The lowest BCUT2D eigenvalue weighted by Gasteiger charge is -2.17. The number of carbonyl (C=O) groups is 3. The Kier molecular flexibility index (Phi) is 16.3. The number of nitrogens with one attached hydrogen (secondary N) is 1. The van der Waals surface area contributed by atoms with E-state index in [-0.39, 0.29) is 31.0 Å². The molecule has 0 aliphatic heterocycles. The minimum atomic E-state index is -0.476. The second-order valence-electron chi connectivity index (χ2n) is 8.87. The van der Waals surface area contributed by atoms with Crippen LogP contribution < -0.4 is 16.8 Å². The number of primary amides is 1. The van der Waals surface area contributed by atoms with Crippen molar-refractivity contribution in [3.63, 3.8) is 0 Å². The first kappa shape index (κ1) is 28.5. The van der Waals surface area contributed by atoms with Gasteiger partial charge in [0.2, 0.25) is 11.8 Å². The average Bonchev–Trinajstić information content (AvgIpc) is 2.66. The standard InChI is InChI=1S/C22H43N3O5/c1-22(2,3)10-6-13-29-15-16-30-14-12-25-20(27)9-8-19(26)17-18(21(24)28)7-4-5-11-23/h18H,4-17,23H2,1-3H3,(H2,24,28)(H,25,27). The van der Waals surface area contributed by atoms with Gasteiger partial charge in [-0.15, -0.1) is 0 Å². The number of rotatable bonds is 19. The van der Waals surface area contributed by atoms with Gasteiger partial charge in [0.1, 0.15) is 5.78 Å². The Morgan fingerprint density at radius 3 is 2.20 bits per heavy atom. The predicted molar refractivity (Wildman–Crippen MR) is 118 cm³/mol. The average molecular weight is 430 g/mol. The van der Waals surface area contributed by atoms with Crippen molar-refractivity contribution in [1.29, 1.82) is 0 Å². The van der Waals surface area contributed by atoms with Crippen LogP contribution in [-0.4, -0.2) is 57.1 Å². The zero-order valence-corrected chi connectivity index (χ0v) is 19.2. The molecule has 0 radical (unpaired) electrons. The first-order valence-electron chi connectivity index (χ1n) is 11.1. The summed E-state index contributed by atoms with van der Waals surface area (Å²) in [6.07, 6.45) is 4.57. The highest BCUT2D eigenvalue weighted by Gasteiger charge is 2.19. The Balaban J connectivity index is 3.68. The van der Waals surface area contributed by atoms with Gasteiger partial charge < -0.3 is 26.3 Å². The summed E-state index contributed by atoms with van der Waals surface area (Å²) in [4.78, 5) is 35.3. The zero-order chi connectivity index (χ0) is 22.8. The van der Waals surface area contributed by atoms with Crippen molar-refractivity contribution in [3.8, 4) is 0 Å². The fourth-order valence-electron chi connectivity index (χ4n) is 2.89. The summed E-state index contributed by atoms with van der Waals surface area (Å²) < 4.78 is 10.9. The second-order valence-corrected chi connectivity index (χ2v) is 8.87. The van der Waals surface area contributed by atoms with Crippen LogP contribution in [0.4, 0.5) is 0 Å². The number of Topliss-reactive ketones (excluding diaryl/α,β-unsaturated/α-hetero) is 1. The number of hydrogen-bond acceptors (Lipinski definition) is 6. The Morgan fingerprint density at radius 1 is 0.933 bits per heavy atom. The molecule has 0 aromatic carbocycles. The van der Waals surface area contributed by atoms with Crippen LogP contribution in [-0.2, 0) is 23.9 Å². The second kappa shape index (κ2) is 17.2. The number of unbranched alkanes of at least 4 members (excludes halogenated alkanes) is 1. The van der Waals surface area contributed by atoms with E-state index in [2.05, 4.69) is 26.1 Å². The van der Waals surface area contributed by atoms with Crippen molar-refractivity contribution in [2.24, 2.45) is 22.8 Å². The molecule has 8 nitrogen and oxygen atoms in total. The van der Waals surface area contributed by atoms with E-state index in [1.165, 1.54) is 0 Å². The third-order valence-corrected chi connectivity index (χ3v) is 4.67. The Labute approximate surface area is 181 Å². The van der Waals surface area contributed by atoms with Gasteiger partial charge in [0.25, 0.3) is 0 Å². The molecule has 1 atom stereocenters. The molecule has 0 saturated heterocycles. The number of nitrogens with two attached hydrogens (primary N) is 2. The molecule has 0 rings (SSSR count). The normalized spacial score (nSPS) is 12.5. The summed E-state index contributed by atoms with van der Waals surface area (Å²) in [6.45, 7) is 9.73. The molecule has 2 amide bonds. The molecule has 30 heavy (non-hydrogen) atoms. The third-order valence-electron chi connectivity index (χ3n) is 4.67. The highest BCUT2D eigenvalue weighted by atomic mass is 16.5. The molecule has 0 saturated carbocycles. The molecule has 8 heteroatoms. The molecule has 0 aromatic heterocycles. The van der Waals surface area contributed by atoms with Gasteiger partial charge in [0, 0.05) is 38.3 Å². The molecular formula is C22H43N3O5. The molecule has 0 aliphatic carbocycles. The molecule has 0 heterocycles. The summed E-state index contributed by atoms with van der Waals surface area (Å²) in [6, 6.07) is 0. The predicted octanol–water partition coefficient (Wildman–Crippen LogP) is 1.93. The van der Waals surface area contributed by atoms with Crippen molar-refractivity contribution in [2.75, 3.05) is 39.5 Å². The quantitative estimate of drug-likeness (QED) is 0.269. The maximum Gasteiger partial charge on any atom is 0.220 e. The SMILES string of the molecule is CC(C)(C)CCCOCCOCCNC(=O)CCC(=O)CC(CCCCN)C(N)=O. The minimum absolute atomic E-state index is 0.0893. The highest BCUT2D eigenvalue weighted by molar-refractivity contribution is 5.88. The van der Waals surface area contributed by atoms with E-state index in [9.17, 15) is 14.4 Å². The number of carbonyl (C=O) groups excluding carboxylic acids is 3. The van der Waals surface area contributed by atoms with Crippen molar-refractivity contribution < 1.29 is 23.9 Å². The topological polar surface area (TPSA) is 134 Å². The largest absolute Gasteiger partial charge is 0.379 e. The highest BCUT2D eigenvalue weighted by Crippen LogP contribution is 2.20. The van der Waals surface area contributed by atoms with Crippen molar-refractivity contribution in [2.45, 2.75) is 72.1 Å². The van der Waals surface area contributed by atoms with Gasteiger partial charge in [-0.1, -0.05) is 27.2 Å². The fourth-order valence-corrected chi connectivity index (χ4v) is 2.89. The van der Waals surface area contributed by atoms with Crippen LogP contribution >= 0.6 is 0 Å². The molecule has 0 aromatic rings. The molecule has 0 spiro atoms. The van der Waals surface area contributed by atoms with Crippen molar-refractivity contribution in [1.82, 2.24) is 5.32 Å². The lowest BCUT2D eigenvalue weighted by Crippen LogP contribution is -2.29. The van der Waals surface area contributed by atoms with E-state index in [0.29, 0.717) is 44.7 Å². The number of ether oxygens (including phenoxy) is 2. The maximum atomic E-state index is 12.0. The summed E-state index contributed by atoms with van der Waals surface area (Å²) >= 11 is 0. The fraction of sp³-hybridized carbons (Fsp3) is 0.864. The van der Waals surface area contributed by atoms with Crippen LogP contribution in [0, 0.1) is 11.3 Å². The summed E-state index contributed by atoms with van der Waals surface area (Å²) in [5.41, 5.74) is 11.1. The van der Waals surface area contributed by atoms with Crippen molar-refractivity contribution in [3.05, 3.63) is 0 Å². The number of hydrogen-bond donors (Lipinski definition) is 3. The number of ketones is 1. The van der Waals surface area contributed by atoms with E-state index in [4.69, 9.17) is 20.9 Å². The van der Waals surface area contributed by atoms with Crippen LogP contribution in [0.3, 0.4) is 0 Å². The van der Waals surface area contributed by atoms with Crippen LogP contribution in [0.1, 0.15) is 72.1 Å². The molecule has 176 valence electrons. The van der Waals surface area contributed by atoms with E-state index < -0.39 is 11.8 Å². The van der Waals surface area contributed by atoms with Gasteiger partial charge >= 0.3 is 0 Å². The minimum Gasteiger partial charge on any atom is -0.379 e. The van der Waals surface area contributed by atoms with Gasteiger partial charge in [-0.3, -0.25) is 14.4 Å². The maximum absolute atomic E-state index is 12.0. The first-order valence-corrected chi connectivity index (χ1v) is 11.1. The van der Waals surface area contributed by atoms with Gasteiger partial charge in [0.05, 0.1) is 19.8 Å². The van der Waals surface area contributed by atoms with Crippen molar-refractivity contribution >= 4 is 17.6 Å². The van der Waals surface area contributed by atoms with E-state index >= 15 is 0 Å². The van der Waals surface area contributed by atoms with Crippen LogP contribution in [0.5, 0.6) is 0 Å². The zero-order valence-electron chi connectivity index (χ0n) is 19.2. The van der Waals surface area contributed by atoms with Gasteiger partial charge in [-0.25, -0.2) is 0 Å². The lowest BCUT2D eigenvalue weighted by atomic mass is 9.91. The van der Waals surface area contributed by atoms with E-state index in [1.54, 1.807) is 0 Å². The van der Waals surface area contributed by atoms with Gasteiger partial charge in [-0.2, -0.15) is 0 Å². The Morgan fingerprint density at radius 2 is 1.60 bits per heavy atom. The molecule has 5 N–H and O–H groups in total. The van der Waals surface area contributed by atoms with E-state index in [1.807, 2.05) is 0 Å². The summed E-state index contributed by atoms with van der Waals surface area (Å²) in [5, 5.41) is 2.72. The summed E-state index contributed by atoms with van der Waals surface area (Å²) in [7, 11) is 0. The van der Waals surface area contributed by atoms with Crippen LogP contribution in [0.25, 0.3) is 0 Å². The van der Waals surface area contributed by atoms with Gasteiger partial charge in [-0.05, 0) is 37.6 Å². The molecule has 0 aliphatic rings. The lowest BCUT2D eigenvalue weighted by molar-refractivity contribution is -0.129. The molecular weight excluding hydrogens is 386 g/mol. The monoisotopic (exact) mass is 429 g/mol. The smallest absolute Gasteiger partial charge is 0.220 e. The van der Waals surface area contributed by atoms with E-state index in [0.717, 1.165) is 32.3 Å². The number of amides is 2. The first-order chi connectivity index (χ1) is 14.2. The summed E-state index contributed by atoms with van der Waals surface area (Å²) in [5.74, 6) is -1.28. The van der Waals surface area contributed by atoms with Gasteiger partial charge in [0.15, 0.2) is 0 Å². The molecule has 0 fully saturated rings. The van der Waals surface area contributed by atoms with Crippen LogP contribution in [0.2, 0.25) is 0 Å². The van der Waals surface area contributed by atoms with Crippen LogP contribution in [0.15, 0.2) is 0 Å². The molecule has 0 bridgehead atoms.